The fourth-order valence-corrected chi connectivity index (χ4v) is 1.96. The number of hydrogen-bond donors (Lipinski definition) is 3. The van der Waals surface area contributed by atoms with Crippen molar-refractivity contribution in [3.05, 3.63) is 11.8 Å². The lowest BCUT2D eigenvalue weighted by Crippen LogP contribution is -2.36. The van der Waals surface area contributed by atoms with E-state index in [4.69, 9.17) is 5.73 Å². The topological polar surface area (TPSA) is 101 Å². The van der Waals surface area contributed by atoms with E-state index in [-0.39, 0.29) is 17.8 Å². The van der Waals surface area contributed by atoms with Gasteiger partial charge in [-0.15, -0.1) is 0 Å². The first-order valence-corrected chi connectivity index (χ1v) is 6.13. The Morgan fingerprint density at radius 2 is 2.47 bits per heavy atom. The molecule has 7 heteroatoms. The van der Waals surface area contributed by atoms with Crippen LogP contribution < -0.4 is 11.1 Å². The van der Waals surface area contributed by atoms with Crippen molar-refractivity contribution in [1.82, 2.24) is 15.5 Å². The van der Waals surface area contributed by atoms with E-state index in [1.807, 2.05) is 0 Å². The Labute approximate surface area is 90.1 Å². The van der Waals surface area contributed by atoms with Gasteiger partial charge in [-0.05, 0) is 6.92 Å². The molecule has 0 aliphatic heterocycles. The molecule has 2 unspecified atom stereocenters. The van der Waals surface area contributed by atoms with Crippen LogP contribution in [0.25, 0.3) is 0 Å². The maximum Gasteiger partial charge on any atom is 0.256 e. The number of nitrogens with one attached hydrogen (secondary N) is 2. The lowest BCUT2D eigenvalue weighted by molar-refractivity contribution is 0.0944. The fourth-order valence-electron chi connectivity index (χ4n) is 1.17. The monoisotopic (exact) mass is 230 g/mol. The summed E-state index contributed by atoms with van der Waals surface area (Å²) in [7, 11) is -0.934. The molecule has 84 valence electrons. The Morgan fingerprint density at radius 1 is 1.80 bits per heavy atom. The highest BCUT2D eigenvalue weighted by atomic mass is 32.2. The number of hydrogen-bond acceptors (Lipinski definition) is 4. The van der Waals surface area contributed by atoms with Crippen LogP contribution in [0, 0.1) is 0 Å². The average molecular weight is 230 g/mol. The molecule has 1 rings (SSSR count). The van der Waals surface area contributed by atoms with Gasteiger partial charge in [0.2, 0.25) is 0 Å². The van der Waals surface area contributed by atoms with Crippen LogP contribution in [-0.4, -0.2) is 38.4 Å². The summed E-state index contributed by atoms with van der Waals surface area (Å²) in [5, 5.41) is 8.79. The summed E-state index contributed by atoms with van der Waals surface area (Å²) in [6.07, 6.45) is 2.95. The first-order chi connectivity index (χ1) is 7.00. The van der Waals surface area contributed by atoms with Crippen LogP contribution in [0.4, 0.5) is 5.82 Å². The van der Waals surface area contributed by atoms with Crippen LogP contribution >= 0.6 is 0 Å². The zero-order valence-corrected chi connectivity index (χ0v) is 9.43. The summed E-state index contributed by atoms with van der Waals surface area (Å²) < 4.78 is 10.9. The van der Waals surface area contributed by atoms with Gasteiger partial charge in [0, 0.05) is 28.9 Å². The lowest BCUT2D eigenvalue weighted by atomic mass is 10.3. The lowest BCUT2D eigenvalue weighted by Gasteiger charge is -2.11. The van der Waals surface area contributed by atoms with E-state index < -0.39 is 10.8 Å². The maximum absolute atomic E-state index is 11.6. The molecule has 0 saturated heterocycles. The number of H-pyrrole nitrogens is 1. The van der Waals surface area contributed by atoms with Crippen molar-refractivity contribution < 1.29 is 9.00 Å². The Morgan fingerprint density at radius 3 is 2.93 bits per heavy atom. The molecule has 0 bridgehead atoms. The van der Waals surface area contributed by atoms with Gasteiger partial charge in [-0.1, -0.05) is 0 Å². The van der Waals surface area contributed by atoms with Crippen LogP contribution in [0.2, 0.25) is 0 Å². The molecule has 1 heterocycles. The summed E-state index contributed by atoms with van der Waals surface area (Å²) in [5.74, 6) is 0.347. The van der Waals surface area contributed by atoms with Gasteiger partial charge in [0.1, 0.15) is 11.4 Å². The normalized spacial score (nSPS) is 14.5. The van der Waals surface area contributed by atoms with Crippen LogP contribution in [0.15, 0.2) is 6.20 Å². The summed E-state index contributed by atoms with van der Waals surface area (Å²) in [4.78, 5) is 11.6. The average Bonchev–Trinajstić information content (AvgIpc) is 2.49. The second-order valence-electron chi connectivity index (χ2n) is 3.31. The minimum absolute atomic E-state index is 0.155. The number of carbonyl (C=O) groups excluding carboxylic acids is 1. The number of nitrogens with two attached hydrogens (primary N) is 1. The molecular formula is C8H14N4O2S. The molecule has 1 amide bonds. The van der Waals surface area contributed by atoms with Crippen LogP contribution in [0.1, 0.15) is 17.3 Å². The van der Waals surface area contributed by atoms with E-state index in [2.05, 4.69) is 15.5 Å². The molecular weight excluding hydrogens is 216 g/mol. The Bertz CT molecular complexity index is 376. The van der Waals surface area contributed by atoms with E-state index >= 15 is 0 Å². The van der Waals surface area contributed by atoms with Gasteiger partial charge in [-0.2, -0.15) is 5.10 Å². The second-order valence-corrected chi connectivity index (χ2v) is 4.79. The largest absolute Gasteiger partial charge is 0.383 e. The van der Waals surface area contributed by atoms with E-state index in [1.165, 1.54) is 6.20 Å². The van der Waals surface area contributed by atoms with E-state index in [9.17, 15) is 9.00 Å². The first-order valence-electron chi connectivity index (χ1n) is 4.40. The number of anilines is 1. The van der Waals surface area contributed by atoms with E-state index in [0.29, 0.717) is 11.3 Å². The Kier molecular flexibility index (Phi) is 3.84. The SMILES string of the molecule is CC(CS(C)=O)NC(=O)c1cn[nH]c1N. The third-order valence-corrected chi connectivity index (χ3v) is 2.75. The molecule has 4 N–H and O–H groups in total. The fraction of sp³-hybridized carbons (Fsp3) is 0.500. The molecule has 0 radical (unpaired) electrons. The Hall–Kier alpha value is -1.37. The molecule has 6 nitrogen and oxygen atoms in total. The summed E-state index contributed by atoms with van der Waals surface area (Å²) in [5.41, 5.74) is 5.79. The second kappa shape index (κ2) is 4.92. The smallest absolute Gasteiger partial charge is 0.256 e. The van der Waals surface area contributed by atoms with E-state index in [0.717, 1.165) is 0 Å². The summed E-state index contributed by atoms with van der Waals surface area (Å²) in [6.45, 7) is 1.79. The third-order valence-electron chi connectivity index (χ3n) is 1.78. The zero-order chi connectivity index (χ0) is 11.4. The molecule has 0 fully saturated rings. The molecule has 0 aliphatic carbocycles. The van der Waals surface area contributed by atoms with Crippen molar-refractivity contribution >= 4 is 22.5 Å². The minimum Gasteiger partial charge on any atom is -0.383 e. The minimum atomic E-state index is -0.934. The van der Waals surface area contributed by atoms with Crippen molar-refractivity contribution in [3.8, 4) is 0 Å². The van der Waals surface area contributed by atoms with Crippen molar-refractivity contribution in [2.45, 2.75) is 13.0 Å². The highest BCUT2D eigenvalue weighted by molar-refractivity contribution is 7.84. The molecule has 0 aromatic carbocycles. The van der Waals surface area contributed by atoms with Crippen molar-refractivity contribution in [1.29, 1.82) is 0 Å². The van der Waals surface area contributed by atoms with Gasteiger partial charge in [-0.25, -0.2) is 0 Å². The molecule has 1 aromatic heterocycles. The van der Waals surface area contributed by atoms with Gasteiger partial charge < -0.3 is 11.1 Å². The van der Waals surface area contributed by atoms with Crippen molar-refractivity contribution in [3.63, 3.8) is 0 Å². The van der Waals surface area contributed by atoms with Crippen LogP contribution in [0.5, 0.6) is 0 Å². The van der Waals surface area contributed by atoms with Crippen molar-refractivity contribution in [2.24, 2.45) is 0 Å². The molecule has 0 spiro atoms. The molecule has 2 atom stereocenters. The number of aromatic amines is 1. The summed E-state index contributed by atoms with van der Waals surface area (Å²) >= 11 is 0. The quantitative estimate of drug-likeness (QED) is 0.648. The standard InChI is InChI=1S/C8H14N4O2S/c1-5(4-15(2)14)11-8(13)6-3-10-12-7(6)9/h3,5H,4H2,1-2H3,(H,11,13)(H3,9,10,12). The molecule has 1 aromatic rings. The highest BCUT2D eigenvalue weighted by Gasteiger charge is 2.14. The predicted molar refractivity (Wildman–Crippen MR) is 58.9 cm³/mol. The molecule has 0 saturated carbocycles. The molecule has 0 aliphatic rings. The third kappa shape index (κ3) is 3.35. The number of nitrogens with zero attached hydrogens (tertiary/aromatic N) is 1. The number of aromatic nitrogens is 2. The van der Waals surface area contributed by atoms with Crippen LogP contribution in [-0.2, 0) is 10.8 Å². The summed E-state index contributed by atoms with van der Waals surface area (Å²) in [6, 6.07) is -0.155. The highest BCUT2D eigenvalue weighted by Crippen LogP contribution is 2.05. The van der Waals surface area contributed by atoms with Gasteiger partial charge >= 0.3 is 0 Å². The Balaban J connectivity index is 2.56. The number of nitrogen functional groups attached to an aromatic ring is 1. The number of carbonyl (C=O) groups is 1. The van der Waals surface area contributed by atoms with Gasteiger partial charge in [0.15, 0.2) is 0 Å². The van der Waals surface area contributed by atoms with Gasteiger partial charge in [0.05, 0.1) is 6.20 Å². The van der Waals surface area contributed by atoms with E-state index in [1.54, 1.807) is 13.2 Å². The van der Waals surface area contributed by atoms with Crippen molar-refractivity contribution in [2.75, 3.05) is 17.7 Å². The maximum atomic E-state index is 11.6. The molecule has 15 heavy (non-hydrogen) atoms. The van der Waals surface area contributed by atoms with Crippen LogP contribution in [0.3, 0.4) is 0 Å². The number of rotatable bonds is 4. The predicted octanol–water partition coefficient (Wildman–Crippen LogP) is -0.511. The number of amides is 1. The zero-order valence-electron chi connectivity index (χ0n) is 8.61. The van der Waals surface area contributed by atoms with Gasteiger partial charge in [0.25, 0.3) is 5.91 Å². The van der Waals surface area contributed by atoms with Gasteiger partial charge in [-0.3, -0.25) is 14.1 Å². The first kappa shape index (κ1) is 11.7.